The van der Waals surface area contributed by atoms with Crippen LogP contribution in [0.1, 0.15) is 85.5 Å². The third kappa shape index (κ3) is 2.26. The largest absolute Gasteiger partial charge is 0.0683 e. The van der Waals surface area contributed by atoms with Crippen LogP contribution >= 0.6 is 0 Å². The Morgan fingerprint density at radius 2 is 1.20 bits per heavy atom. The highest BCUT2D eigenvalue weighted by Crippen LogP contribution is 2.67. The van der Waals surface area contributed by atoms with E-state index in [4.69, 9.17) is 0 Å². The van der Waals surface area contributed by atoms with Crippen LogP contribution in [0.25, 0.3) is 0 Å². The first-order valence-electron chi connectivity index (χ1n) is 9.67. The summed E-state index contributed by atoms with van der Waals surface area (Å²) in [5.41, 5.74) is 0.846. The Labute approximate surface area is 127 Å². The van der Waals surface area contributed by atoms with Crippen molar-refractivity contribution in [2.24, 2.45) is 40.9 Å². The van der Waals surface area contributed by atoms with Gasteiger partial charge < -0.3 is 0 Å². The molecule has 5 aliphatic rings. The molecule has 0 aromatic carbocycles. The summed E-state index contributed by atoms with van der Waals surface area (Å²) in [5.74, 6) is 6.60. The summed E-state index contributed by atoms with van der Waals surface area (Å²) in [6.07, 6.45) is 14.4. The Morgan fingerprint density at radius 3 is 1.60 bits per heavy atom. The third-order valence-corrected chi connectivity index (χ3v) is 7.67. The first kappa shape index (κ1) is 14.9. The number of rotatable bonds is 1. The van der Waals surface area contributed by atoms with Crippen molar-refractivity contribution in [3.8, 4) is 0 Å². The van der Waals surface area contributed by atoms with Gasteiger partial charge in [0.05, 0.1) is 0 Å². The van der Waals surface area contributed by atoms with Gasteiger partial charge in [0.25, 0.3) is 0 Å². The lowest BCUT2D eigenvalue weighted by atomic mass is 9.42. The average Bonchev–Trinajstić information content (AvgIpc) is 2.46. The van der Waals surface area contributed by atoms with E-state index in [2.05, 4.69) is 13.8 Å². The van der Waals surface area contributed by atoms with Crippen LogP contribution < -0.4 is 0 Å². The SMILES string of the molecule is CC.CC(C)C1CCC2(CC1)C1CC3CC(C1)CC2C3. The van der Waals surface area contributed by atoms with Crippen molar-refractivity contribution < 1.29 is 0 Å². The Morgan fingerprint density at radius 1 is 0.750 bits per heavy atom. The van der Waals surface area contributed by atoms with Crippen LogP contribution in [0.2, 0.25) is 0 Å². The fourth-order valence-corrected chi connectivity index (χ4v) is 6.78. The van der Waals surface area contributed by atoms with Gasteiger partial charge in [-0.25, -0.2) is 0 Å². The molecule has 0 aliphatic heterocycles. The van der Waals surface area contributed by atoms with E-state index in [1.165, 1.54) is 0 Å². The van der Waals surface area contributed by atoms with Crippen molar-refractivity contribution >= 4 is 0 Å². The molecular weight excluding hydrogens is 240 g/mol. The Balaban J connectivity index is 0.000000581. The third-order valence-electron chi connectivity index (χ3n) is 7.67. The molecule has 20 heavy (non-hydrogen) atoms. The van der Waals surface area contributed by atoms with Gasteiger partial charge in [-0.2, -0.15) is 0 Å². The summed E-state index contributed by atoms with van der Waals surface area (Å²) in [6, 6.07) is 0. The monoisotopic (exact) mass is 276 g/mol. The standard InChI is InChI=1S/C18H30.C2H6/c1-12(2)15-3-5-18(6-4-15)16-8-13-7-14(10-16)11-17(18)9-13;1-2/h12-17H,3-11H2,1-2H3;1-2H3. The van der Waals surface area contributed by atoms with Crippen LogP contribution in [0.15, 0.2) is 0 Å². The molecule has 0 heterocycles. The summed E-state index contributed by atoms with van der Waals surface area (Å²) in [7, 11) is 0. The second-order valence-corrected chi connectivity index (χ2v) is 8.62. The molecule has 0 heteroatoms. The number of hydrogen-bond acceptors (Lipinski definition) is 0. The average molecular weight is 277 g/mol. The van der Waals surface area contributed by atoms with Gasteiger partial charge >= 0.3 is 0 Å². The molecule has 5 fully saturated rings. The summed E-state index contributed by atoms with van der Waals surface area (Å²) in [5, 5.41) is 0. The molecule has 0 N–H and O–H groups in total. The first-order valence-corrected chi connectivity index (χ1v) is 9.67. The molecule has 0 aromatic heterocycles. The Hall–Kier alpha value is 0. The zero-order chi connectivity index (χ0) is 14.3. The van der Waals surface area contributed by atoms with Crippen LogP contribution in [-0.2, 0) is 0 Å². The van der Waals surface area contributed by atoms with E-state index in [0.717, 1.165) is 40.9 Å². The molecule has 5 rings (SSSR count). The fraction of sp³-hybridized carbons (Fsp3) is 1.00. The quantitative estimate of drug-likeness (QED) is 0.527. The zero-order valence-electron chi connectivity index (χ0n) is 14.3. The van der Waals surface area contributed by atoms with Crippen LogP contribution in [0, 0.1) is 40.9 Å². The molecule has 0 unspecified atom stereocenters. The summed E-state index contributed by atoms with van der Waals surface area (Å²) in [4.78, 5) is 0. The van der Waals surface area contributed by atoms with Gasteiger partial charge in [-0.15, -0.1) is 0 Å². The highest BCUT2D eigenvalue weighted by atomic mass is 14.6. The van der Waals surface area contributed by atoms with Gasteiger partial charge in [0.1, 0.15) is 0 Å². The van der Waals surface area contributed by atoms with E-state index in [9.17, 15) is 0 Å². The van der Waals surface area contributed by atoms with Gasteiger partial charge in [0.2, 0.25) is 0 Å². The molecule has 0 saturated heterocycles. The Kier molecular flexibility index (Phi) is 4.22. The van der Waals surface area contributed by atoms with Crippen LogP contribution in [0.3, 0.4) is 0 Å². The first-order chi connectivity index (χ1) is 9.67. The maximum atomic E-state index is 2.44. The molecule has 5 saturated carbocycles. The van der Waals surface area contributed by atoms with Crippen molar-refractivity contribution in [1.29, 1.82) is 0 Å². The summed E-state index contributed by atoms with van der Waals surface area (Å²) < 4.78 is 0. The van der Waals surface area contributed by atoms with E-state index >= 15 is 0 Å². The van der Waals surface area contributed by atoms with Crippen LogP contribution in [-0.4, -0.2) is 0 Å². The maximum absolute atomic E-state index is 2.44. The van der Waals surface area contributed by atoms with E-state index in [0.29, 0.717) is 0 Å². The predicted octanol–water partition coefficient (Wildman–Crippen LogP) is 6.30. The smallest absolute Gasteiger partial charge is 0.0240 e. The minimum Gasteiger partial charge on any atom is -0.0683 e. The molecule has 0 radical (unpaired) electrons. The molecule has 0 nitrogen and oxygen atoms in total. The van der Waals surface area contributed by atoms with Gasteiger partial charge in [-0.1, -0.05) is 27.7 Å². The molecule has 5 aliphatic carbocycles. The molecular formula is C20H36. The van der Waals surface area contributed by atoms with Crippen molar-refractivity contribution in [1.82, 2.24) is 0 Å². The lowest BCUT2D eigenvalue weighted by Crippen LogP contribution is -2.54. The minimum absolute atomic E-state index is 0.846. The second kappa shape index (κ2) is 5.65. The van der Waals surface area contributed by atoms with Crippen molar-refractivity contribution in [3.05, 3.63) is 0 Å². The highest BCUT2D eigenvalue weighted by Gasteiger charge is 2.57. The van der Waals surface area contributed by atoms with Crippen LogP contribution in [0.4, 0.5) is 0 Å². The fourth-order valence-electron chi connectivity index (χ4n) is 6.78. The maximum Gasteiger partial charge on any atom is -0.0240 e. The highest BCUT2D eigenvalue weighted by molar-refractivity contribution is 5.07. The van der Waals surface area contributed by atoms with Crippen molar-refractivity contribution in [2.45, 2.75) is 85.5 Å². The molecule has 116 valence electrons. The van der Waals surface area contributed by atoms with E-state index in [1.54, 1.807) is 57.8 Å². The second-order valence-electron chi connectivity index (χ2n) is 8.62. The van der Waals surface area contributed by atoms with E-state index in [1.807, 2.05) is 13.8 Å². The number of hydrogen-bond donors (Lipinski definition) is 0. The van der Waals surface area contributed by atoms with Gasteiger partial charge in [-0.05, 0) is 98.7 Å². The van der Waals surface area contributed by atoms with Gasteiger partial charge in [0, 0.05) is 0 Å². The summed E-state index contributed by atoms with van der Waals surface area (Å²) in [6.45, 7) is 8.89. The van der Waals surface area contributed by atoms with Crippen LogP contribution in [0.5, 0.6) is 0 Å². The molecule has 0 aromatic rings. The Bertz CT molecular complexity index is 289. The zero-order valence-corrected chi connectivity index (χ0v) is 14.3. The predicted molar refractivity (Wildman–Crippen MR) is 87.6 cm³/mol. The molecule has 1 spiro atoms. The van der Waals surface area contributed by atoms with Crippen molar-refractivity contribution in [3.63, 3.8) is 0 Å². The molecule has 0 atom stereocenters. The lowest BCUT2D eigenvalue weighted by molar-refractivity contribution is -0.133. The minimum atomic E-state index is 0.846. The molecule has 0 amide bonds. The van der Waals surface area contributed by atoms with Crippen molar-refractivity contribution in [2.75, 3.05) is 0 Å². The molecule has 4 bridgehead atoms. The summed E-state index contributed by atoms with van der Waals surface area (Å²) >= 11 is 0. The van der Waals surface area contributed by atoms with Gasteiger partial charge in [-0.3, -0.25) is 0 Å². The van der Waals surface area contributed by atoms with Gasteiger partial charge in [0.15, 0.2) is 0 Å². The van der Waals surface area contributed by atoms with E-state index in [-0.39, 0.29) is 0 Å². The normalized spacial score (nSPS) is 49.4. The van der Waals surface area contributed by atoms with E-state index < -0.39 is 0 Å². The topological polar surface area (TPSA) is 0 Å². The lowest BCUT2D eigenvalue weighted by Gasteiger charge is -2.63.